The number of nitrogens with zero attached hydrogens (tertiary/aromatic N) is 1. The van der Waals surface area contributed by atoms with Crippen molar-refractivity contribution in [1.29, 1.82) is 0 Å². The molecule has 0 aliphatic heterocycles. The second kappa shape index (κ2) is 9.78. The molecule has 2 N–H and O–H groups in total. The monoisotopic (exact) mass is 393 g/mol. The molecule has 0 aliphatic rings. The zero-order valence-electron chi connectivity index (χ0n) is 17.1. The normalized spacial score (nSPS) is 11.7. The van der Waals surface area contributed by atoms with E-state index in [1.165, 1.54) is 0 Å². The number of ether oxygens (including phenoxy) is 2. The Morgan fingerprint density at radius 3 is 2.45 bits per heavy atom. The summed E-state index contributed by atoms with van der Waals surface area (Å²) in [4.78, 5) is 12.8. The van der Waals surface area contributed by atoms with Crippen LogP contribution >= 0.6 is 0 Å². The predicted octanol–water partition coefficient (Wildman–Crippen LogP) is 4.76. The highest BCUT2D eigenvalue weighted by Gasteiger charge is 2.18. The molecule has 1 atom stereocenters. The Morgan fingerprint density at radius 1 is 1.10 bits per heavy atom. The van der Waals surface area contributed by atoms with Gasteiger partial charge in [0.25, 0.3) is 5.91 Å². The fraction of sp³-hybridized carbons (Fsp3) is 0.304. The summed E-state index contributed by atoms with van der Waals surface area (Å²) >= 11 is 0. The Labute approximate surface area is 171 Å². The van der Waals surface area contributed by atoms with Crippen molar-refractivity contribution in [1.82, 2.24) is 15.5 Å². The van der Waals surface area contributed by atoms with E-state index in [2.05, 4.69) is 22.4 Å². The predicted molar refractivity (Wildman–Crippen MR) is 113 cm³/mol. The molecule has 0 bridgehead atoms. The van der Waals surface area contributed by atoms with Gasteiger partial charge < -0.3 is 14.8 Å². The summed E-state index contributed by atoms with van der Waals surface area (Å²) in [7, 11) is 1.63. The van der Waals surface area contributed by atoms with Crippen molar-refractivity contribution in [3.8, 4) is 22.8 Å². The van der Waals surface area contributed by atoms with Gasteiger partial charge in [-0.25, -0.2) is 0 Å². The number of aromatic nitrogens is 2. The van der Waals surface area contributed by atoms with Crippen molar-refractivity contribution in [3.63, 3.8) is 0 Å². The second-order valence-corrected chi connectivity index (χ2v) is 6.85. The SMILES string of the molecule is CCCCOc1ccc(-c2[nH]ncc2C(=O)NC(C)c2ccc(OC)cc2)cc1. The molecule has 6 nitrogen and oxygen atoms in total. The smallest absolute Gasteiger partial charge is 0.255 e. The van der Waals surface area contributed by atoms with Crippen LogP contribution in [0.4, 0.5) is 0 Å². The minimum absolute atomic E-state index is 0.148. The van der Waals surface area contributed by atoms with Gasteiger partial charge in [-0.3, -0.25) is 9.89 Å². The maximum atomic E-state index is 12.8. The summed E-state index contributed by atoms with van der Waals surface area (Å²) in [5.41, 5.74) is 3.07. The molecule has 2 aromatic carbocycles. The Bertz CT molecular complexity index is 917. The summed E-state index contributed by atoms with van der Waals surface area (Å²) in [6.07, 6.45) is 3.68. The van der Waals surface area contributed by atoms with Crippen LogP contribution in [0.3, 0.4) is 0 Å². The molecule has 6 heteroatoms. The second-order valence-electron chi connectivity index (χ2n) is 6.85. The van der Waals surface area contributed by atoms with Gasteiger partial charge in [0, 0.05) is 5.56 Å². The lowest BCUT2D eigenvalue weighted by Crippen LogP contribution is -2.26. The van der Waals surface area contributed by atoms with Crippen LogP contribution < -0.4 is 14.8 Å². The number of H-pyrrole nitrogens is 1. The summed E-state index contributed by atoms with van der Waals surface area (Å²) in [6.45, 7) is 4.78. The number of benzene rings is 2. The van der Waals surface area contributed by atoms with Gasteiger partial charge >= 0.3 is 0 Å². The highest BCUT2D eigenvalue weighted by molar-refractivity contribution is 5.99. The Morgan fingerprint density at radius 2 is 1.79 bits per heavy atom. The van der Waals surface area contributed by atoms with Crippen LogP contribution in [-0.2, 0) is 0 Å². The van der Waals surface area contributed by atoms with E-state index in [-0.39, 0.29) is 11.9 Å². The van der Waals surface area contributed by atoms with Gasteiger partial charge in [0.15, 0.2) is 0 Å². The van der Waals surface area contributed by atoms with Crippen LogP contribution in [-0.4, -0.2) is 29.8 Å². The molecule has 3 aromatic rings. The first-order valence-electron chi connectivity index (χ1n) is 9.83. The van der Waals surface area contributed by atoms with E-state index in [9.17, 15) is 4.79 Å². The van der Waals surface area contributed by atoms with Crippen molar-refractivity contribution in [2.75, 3.05) is 13.7 Å². The lowest BCUT2D eigenvalue weighted by atomic mass is 10.1. The lowest BCUT2D eigenvalue weighted by molar-refractivity contribution is 0.0940. The van der Waals surface area contributed by atoms with Crippen molar-refractivity contribution >= 4 is 5.91 Å². The lowest BCUT2D eigenvalue weighted by Gasteiger charge is -2.15. The molecule has 0 radical (unpaired) electrons. The fourth-order valence-corrected chi connectivity index (χ4v) is 2.98. The van der Waals surface area contributed by atoms with Gasteiger partial charge in [-0.05, 0) is 55.3 Å². The van der Waals surface area contributed by atoms with Gasteiger partial charge in [-0.2, -0.15) is 5.10 Å². The first-order chi connectivity index (χ1) is 14.1. The molecule has 152 valence electrons. The Hall–Kier alpha value is -3.28. The van der Waals surface area contributed by atoms with E-state index in [1.807, 2.05) is 55.5 Å². The number of carbonyl (C=O) groups excluding carboxylic acids is 1. The number of methoxy groups -OCH3 is 1. The number of aromatic amines is 1. The highest BCUT2D eigenvalue weighted by Crippen LogP contribution is 2.25. The molecule has 3 rings (SSSR count). The quantitative estimate of drug-likeness (QED) is 0.514. The summed E-state index contributed by atoms with van der Waals surface area (Å²) in [6, 6.07) is 15.2. The molecule has 0 fully saturated rings. The van der Waals surface area contributed by atoms with Crippen molar-refractivity contribution in [2.24, 2.45) is 0 Å². The Kier molecular flexibility index (Phi) is 6.89. The highest BCUT2D eigenvalue weighted by atomic mass is 16.5. The maximum absolute atomic E-state index is 12.8. The first kappa shape index (κ1) is 20.5. The standard InChI is InChI=1S/C23H27N3O3/c1-4-5-14-29-20-12-8-18(9-13-20)22-21(15-24-26-22)23(27)25-16(2)17-6-10-19(28-3)11-7-17/h6-13,15-16H,4-5,14H2,1-3H3,(H,24,26)(H,25,27). The van der Waals surface area contributed by atoms with Crippen molar-refractivity contribution in [3.05, 3.63) is 65.9 Å². The number of amides is 1. The zero-order chi connectivity index (χ0) is 20.6. The average Bonchev–Trinajstić information content (AvgIpc) is 3.24. The van der Waals surface area contributed by atoms with Gasteiger partial charge in [-0.1, -0.05) is 25.5 Å². The van der Waals surface area contributed by atoms with Gasteiger partial charge in [-0.15, -0.1) is 0 Å². The minimum atomic E-state index is -0.180. The van der Waals surface area contributed by atoms with Crippen LogP contribution in [0, 0.1) is 0 Å². The van der Waals surface area contributed by atoms with Crippen LogP contribution in [0.1, 0.15) is 48.7 Å². The third-order valence-electron chi connectivity index (χ3n) is 4.76. The van der Waals surface area contributed by atoms with Crippen LogP contribution in [0.5, 0.6) is 11.5 Å². The number of rotatable bonds is 9. The summed E-state index contributed by atoms with van der Waals surface area (Å²) < 4.78 is 10.9. The molecule has 0 saturated heterocycles. The fourth-order valence-electron chi connectivity index (χ4n) is 2.98. The van der Waals surface area contributed by atoms with Gasteiger partial charge in [0.1, 0.15) is 11.5 Å². The van der Waals surface area contributed by atoms with Crippen molar-refractivity contribution in [2.45, 2.75) is 32.7 Å². The van der Waals surface area contributed by atoms with Crippen molar-refractivity contribution < 1.29 is 14.3 Å². The van der Waals surface area contributed by atoms with E-state index in [4.69, 9.17) is 9.47 Å². The maximum Gasteiger partial charge on any atom is 0.255 e. The molecular formula is C23H27N3O3. The minimum Gasteiger partial charge on any atom is -0.497 e. The van der Waals surface area contributed by atoms with Gasteiger partial charge in [0.05, 0.1) is 37.2 Å². The third kappa shape index (κ3) is 5.16. The molecule has 29 heavy (non-hydrogen) atoms. The van der Waals surface area contributed by atoms with E-state index in [1.54, 1.807) is 13.3 Å². The molecule has 0 saturated carbocycles. The first-order valence-corrected chi connectivity index (χ1v) is 9.83. The molecule has 1 unspecified atom stereocenters. The van der Waals surface area contributed by atoms with Crippen LogP contribution in [0.25, 0.3) is 11.3 Å². The molecular weight excluding hydrogens is 366 g/mol. The number of unbranched alkanes of at least 4 members (excludes halogenated alkanes) is 1. The number of hydrogen-bond donors (Lipinski definition) is 2. The molecule has 1 amide bonds. The van der Waals surface area contributed by atoms with Gasteiger partial charge in [0.2, 0.25) is 0 Å². The topological polar surface area (TPSA) is 76.2 Å². The summed E-state index contributed by atoms with van der Waals surface area (Å²) in [5.74, 6) is 1.42. The number of hydrogen-bond acceptors (Lipinski definition) is 4. The third-order valence-corrected chi connectivity index (χ3v) is 4.76. The van der Waals surface area contributed by atoms with Crippen LogP contribution in [0.15, 0.2) is 54.7 Å². The van der Waals surface area contributed by atoms with Crippen LogP contribution in [0.2, 0.25) is 0 Å². The average molecular weight is 393 g/mol. The number of carbonyl (C=O) groups is 1. The van der Waals surface area contributed by atoms with E-state index in [0.29, 0.717) is 17.9 Å². The number of nitrogens with one attached hydrogen (secondary N) is 2. The van der Waals surface area contributed by atoms with E-state index < -0.39 is 0 Å². The molecule has 0 aliphatic carbocycles. The van der Waals surface area contributed by atoms with E-state index in [0.717, 1.165) is 35.5 Å². The molecule has 1 heterocycles. The van der Waals surface area contributed by atoms with E-state index >= 15 is 0 Å². The molecule has 1 aromatic heterocycles. The molecule has 0 spiro atoms. The summed E-state index contributed by atoms with van der Waals surface area (Å²) in [5, 5.41) is 10.0. The Balaban J connectivity index is 1.69. The largest absolute Gasteiger partial charge is 0.497 e. The zero-order valence-corrected chi connectivity index (χ0v) is 17.1.